The van der Waals surface area contributed by atoms with E-state index in [0.29, 0.717) is 5.15 Å². The minimum atomic E-state index is 0.596. The van der Waals surface area contributed by atoms with Crippen LogP contribution in [0.15, 0.2) is 18.2 Å². The Kier molecular flexibility index (Phi) is 2.84. The highest BCUT2D eigenvalue weighted by molar-refractivity contribution is 6.29. The molecule has 0 saturated carbocycles. The summed E-state index contributed by atoms with van der Waals surface area (Å²) in [6.45, 7) is 5.71. The molecule has 0 aromatic carbocycles. The van der Waals surface area contributed by atoms with Gasteiger partial charge in [-0.1, -0.05) is 17.7 Å². The smallest absolute Gasteiger partial charge is 0.129 e. The van der Waals surface area contributed by atoms with Crippen molar-refractivity contribution in [1.82, 2.24) is 15.2 Å². The van der Waals surface area contributed by atoms with Crippen molar-refractivity contribution in [3.8, 4) is 0 Å². The molecule has 0 amide bonds. The summed E-state index contributed by atoms with van der Waals surface area (Å²) in [7, 11) is 0. The van der Waals surface area contributed by atoms with E-state index in [1.807, 2.05) is 12.1 Å². The molecule has 1 N–H and O–H groups in total. The second-order valence-electron chi connectivity index (χ2n) is 4.82. The maximum atomic E-state index is 5.89. The molecule has 0 radical (unpaired) electrons. The van der Waals surface area contributed by atoms with Crippen molar-refractivity contribution < 1.29 is 0 Å². The van der Waals surface area contributed by atoms with Gasteiger partial charge in [-0.3, -0.25) is 4.90 Å². The first-order valence-electron chi connectivity index (χ1n) is 5.86. The van der Waals surface area contributed by atoms with E-state index in [-0.39, 0.29) is 0 Å². The molecule has 1 aromatic heterocycles. The fraction of sp³-hybridized carbons (Fsp3) is 0.583. The van der Waals surface area contributed by atoms with Crippen molar-refractivity contribution in [2.24, 2.45) is 11.8 Å². The van der Waals surface area contributed by atoms with Crippen LogP contribution in [0.4, 0.5) is 0 Å². The van der Waals surface area contributed by atoms with Gasteiger partial charge in [-0.25, -0.2) is 4.98 Å². The summed E-state index contributed by atoms with van der Waals surface area (Å²) in [5, 5.41) is 4.05. The van der Waals surface area contributed by atoms with Crippen LogP contribution in [0, 0.1) is 11.8 Å². The van der Waals surface area contributed by atoms with Gasteiger partial charge in [0.1, 0.15) is 5.15 Å². The van der Waals surface area contributed by atoms with Gasteiger partial charge in [-0.2, -0.15) is 0 Å². The van der Waals surface area contributed by atoms with Crippen LogP contribution in [0.3, 0.4) is 0 Å². The molecular weight excluding hydrogens is 222 g/mol. The monoisotopic (exact) mass is 237 g/mol. The number of halogens is 1. The van der Waals surface area contributed by atoms with Gasteiger partial charge in [-0.15, -0.1) is 0 Å². The molecule has 2 atom stereocenters. The van der Waals surface area contributed by atoms with Crippen LogP contribution in [0.25, 0.3) is 0 Å². The Hall–Kier alpha value is -0.640. The highest BCUT2D eigenvalue weighted by atomic mass is 35.5. The Labute approximate surface area is 101 Å². The van der Waals surface area contributed by atoms with Crippen molar-refractivity contribution in [3.05, 3.63) is 29.0 Å². The average molecular weight is 238 g/mol. The third-order valence-electron chi connectivity index (χ3n) is 3.62. The molecule has 3 rings (SSSR count). The zero-order valence-corrected chi connectivity index (χ0v) is 9.95. The number of nitrogens with one attached hydrogen (secondary N) is 1. The van der Waals surface area contributed by atoms with Gasteiger partial charge >= 0.3 is 0 Å². The first-order valence-corrected chi connectivity index (χ1v) is 6.23. The Morgan fingerprint density at radius 3 is 2.75 bits per heavy atom. The van der Waals surface area contributed by atoms with Gasteiger partial charge in [0.2, 0.25) is 0 Å². The number of hydrogen-bond donors (Lipinski definition) is 1. The molecule has 2 aliphatic rings. The third-order valence-corrected chi connectivity index (χ3v) is 3.83. The molecule has 3 nitrogen and oxygen atoms in total. The second kappa shape index (κ2) is 4.32. The Balaban J connectivity index is 1.64. The van der Waals surface area contributed by atoms with Gasteiger partial charge in [0.05, 0.1) is 5.69 Å². The number of rotatable bonds is 2. The first-order chi connectivity index (χ1) is 7.81. The maximum absolute atomic E-state index is 5.89. The number of pyridine rings is 1. The van der Waals surface area contributed by atoms with Crippen LogP contribution in [0.5, 0.6) is 0 Å². The number of hydrogen-bond acceptors (Lipinski definition) is 3. The Morgan fingerprint density at radius 1 is 1.31 bits per heavy atom. The van der Waals surface area contributed by atoms with Gasteiger partial charge in [0.15, 0.2) is 0 Å². The quantitative estimate of drug-likeness (QED) is 0.788. The Bertz CT molecular complexity index is 370. The van der Waals surface area contributed by atoms with Crippen LogP contribution in [0.2, 0.25) is 5.15 Å². The van der Waals surface area contributed by atoms with E-state index < -0.39 is 0 Å². The van der Waals surface area contributed by atoms with Crippen molar-refractivity contribution in [2.45, 2.75) is 6.54 Å². The molecule has 0 spiro atoms. The molecule has 4 heteroatoms. The highest BCUT2D eigenvalue weighted by Gasteiger charge is 2.35. The Morgan fingerprint density at radius 2 is 2.06 bits per heavy atom. The van der Waals surface area contributed by atoms with Crippen LogP contribution >= 0.6 is 11.6 Å². The van der Waals surface area contributed by atoms with Gasteiger partial charge in [0, 0.05) is 19.6 Å². The van der Waals surface area contributed by atoms with Crippen molar-refractivity contribution in [1.29, 1.82) is 0 Å². The molecule has 2 fully saturated rings. The topological polar surface area (TPSA) is 28.2 Å². The largest absolute Gasteiger partial charge is 0.316 e. The first kappa shape index (κ1) is 10.5. The van der Waals surface area contributed by atoms with Crippen LogP contribution in [0.1, 0.15) is 5.69 Å². The van der Waals surface area contributed by atoms with Crippen LogP contribution in [-0.2, 0) is 6.54 Å². The average Bonchev–Trinajstić information content (AvgIpc) is 2.77. The normalized spacial score (nSPS) is 29.6. The predicted molar refractivity (Wildman–Crippen MR) is 64.4 cm³/mol. The summed E-state index contributed by atoms with van der Waals surface area (Å²) in [6.07, 6.45) is 0. The lowest BCUT2D eigenvalue weighted by atomic mass is 10.0. The van der Waals surface area contributed by atoms with E-state index >= 15 is 0 Å². The van der Waals surface area contributed by atoms with E-state index in [1.165, 1.54) is 26.2 Å². The molecule has 3 heterocycles. The number of nitrogens with zero attached hydrogens (tertiary/aromatic N) is 2. The van der Waals surface area contributed by atoms with E-state index in [1.54, 1.807) is 0 Å². The summed E-state index contributed by atoms with van der Waals surface area (Å²) < 4.78 is 0. The van der Waals surface area contributed by atoms with E-state index in [4.69, 9.17) is 11.6 Å². The molecule has 86 valence electrons. The summed E-state index contributed by atoms with van der Waals surface area (Å²) in [5.74, 6) is 1.69. The molecule has 2 saturated heterocycles. The molecule has 2 aliphatic heterocycles. The summed E-state index contributed by atoms with van der Waals surface area (Å²) in [6, 6.07) is 5.86. The summed E-state index contributed by atoms with van der Waals surface area (Å²) in [4.78, 5) is 6.83. The molecular formula is C12H16ClN3. The molecule has 1 aromatic rings. The molecule has 16 heavy (non-hydrogen) atoms. The number of fused-ring (bicyclic) bond motifs is 1. The highest BCUT2D eigenvalue weighted by Crippen LogP contribution is 2.27. The summed E-state index contributed by atoms with van der Waals surface area (Å²) in [5.41, 5.74) is 1.08. The fourth-order valence-electron chi connectivity index (χ4n) is 2.85. The zero-order chi connectivity index (χ0) is 11.0. The molecule has 0 unspecified atom stereocenters. The third kappa shape index (κ3) is 2.08. The van der Waals surface area contributed by atoms with E-state index in [9.17, 15) is 0 Å². The van der Waals surface area contributed by atoms with E-state index in [2.05, 4.69) is 21.3 Å². The lowest BCUT2D eigenvalue weighted by Crippen LogP contribution is -2.25. The zero-order valence-electron chi connectivity index (χ0n) is 9.19. The van der Waals surface area contributed by atoms with Crippen LogP contribution in [-0.4, -0.2) is 36.1 Å². The second-order valence-corrected chi connectivity index (χ2v) is 5.21. The SMILES string of the molecule is Clc1cccc(CN2C[C@H]3CNC[C@H]3C2)n1. The maximum Gasteiger partial charge on any atom is 0.129 e. The van der Waals surface area contributed by atoms with Gasteiger partial charge in [-0.05, 0) is 37.1 Å². The van der Waals surface area contributed by atoms with Gasteiger partial charge < -0.3 is 5.32 Å². The predicted octanol–water partition coefficient (Wildman–Crippen LogP) is 1.39. The number of aromatic nitrogens is 1. The van der Waals surface area contributed by atoms with Gasteiger partial charge in [0.25, 0.3) is 0 Å². The minimum Gasteiger partial charge on any atom is -0.316 e. The van der Waals surface area contributed by atoms with Crippen molar-refractivity contribution in [2.75, 3.05) is 26.2 Å². The lowest BCUT2D eigenvalue weighted by Gasteiger charge is -2.16. The van der Waals surface area contributed by atoms with E-state index in [0.717, 1.165) is 24.1 Å². The van der Waals surface area contributed by atoms with Crippen molar-refractivity contribution >= 4 is 11.6 Å². The van der Waals surface area contributed by atoms with Crippen molar-refractivity contribution in [3.63, 3.8) is 0 Å². The number of likely N-dealkylation sites (tertiary alicyclic amines) is 1. The fourth-order valence-corrected chi connectivity index (χ4v) is 3.03. The summed E-state index contributed by atoms with van der Waals surface area (Å²) >= 11 is 5.89. The minimum absolute atomic E-state index is 0.596. The molecule has 0 bridgehead atoms. The van der Waals surface area contributed by atoms with Crippen LogP contribution < -0.4 is 5.32 Å². The molecule has 0 aliphatic carbocycles. The standard InChI is InChI=1S/C12H16ClN3/c13-12-3-1-2-11(15-12)8-16-6-9-4-14-5-10(9)7-16/h1-3,9-10,14H,4-8H2/t9-,10+. The lowest BCUT2D eigenvalue weighted by molar-refractivity contribution is 0.302.